The van der Waals surface area contributed by atoms with Crippen LogP contribution in [0.4, 0.5) is 0 Å². The average Bonchev–Trinajstić information content (AvgIpc) is 2.83. The van der Waals surface area contributed by atoms with Crippen molar-refractivity contribution in [2.75, 3.05) is 40.5 Å². The number of sulfonamides is 1. The maximum atomic E-state index is 12.9. The molecule has 1 heterocycles. The van der Waals surface area contributed by atoms with E-state index in [0.717, 1.165) is 0 Å². The Balaban J connectivity index is 1.85. The van der Waals surface area contributed by atoms with Gasteiger partial charge in [-0.05, 0) is 42.0 Å². The number of benzene rings is 2. The number of methoxy groups -OCH3 is 2. The standard InChI is InChI=1S/C22H22ClNO8S/c1-29-20-13-15(4-8-21(25)30-2)3-7-19(20)32-22(26)17-14-16(5-6-18(17)23)33(27,28)24-9-11-31-12-10-24/h3-8,13-14H,9-12H2,1-2H3/b8-4+. The van der Waals surface area contributed by atoms with Crippen molar-refractivity contribution in [3.8, 4) is 11.5 Å². The second-order valence-electron chi connectivity index (χ2n) is 6.81. The number of rotatable bonds is 7. The SMILES string of the molecule is COC(=O)/C=C/c1ccc(OC(=O)c2cc(S(=O)(=O)N3CCOCC3)ccc2Cl)c(OC)c1. The van der Waals surface area contributed by atoms with Gasteiger partial charge in [0.1, 0.15) is 0 Å². The van der Waals surface area contributed by atoms with Crippen molar-refractivity contribution in [3.05, 3.63) is 58.6 Å². The van der Waals surface area contributed by atoms with Gasteiger partial charge in [-0.2, -0.15) is 4.31 Å². The molecule has 3 rings (SSSR count). The fourth-order valence-corrected chi connectivity index (χ4v) is 4.65. The van der Waals surface area contributed by atoms with E-state index < -0.39 is 22.0 Å². The van der Waals surface area contributed by atoms with E-state index in [1.165, 1.54) is 54.9 Å². The molecule has 2 aromatic carbocycles. The normalized spacial score (nSPS) is 14.8. The maximum absolute atomic E-state index is 12.9. The molecule has 0 radical (unpaired) electrons. The first-order valence-corrected chi connectivity index (χ1v) is 11.6. The van der Waals surface area contributed by atoms with Crippen LogP contribution in [0.1, 0.15) is 15.9 Å². The highest BCUT2D eigenvalue weighted by Crippen LogP contribution is 2.31. The van der Waals surface area contributed by atoms with Gasteiger partial charge in [0, 0.05) is 19.2 Å². The van der Waals surface area contributed by atoms with E-state index in [1.54, 1.807) is 12.1 Å². The third-order valence-electron chi connectivity index (χ3n) is 4.77. The molecule has 11 heteroatoms. The average molecular weight is 496 g/mol. The quantitative estimate of drug-likeness (QED) is 0.328. The molecule has 0 unspecified atom stereocenters. The zero-order valence-electron chi connectivity index (χ0n) is 17.9. The molecule has 2 aromatic rings. The predicted octanol–water partition coefficient (Wildman–Crippen LogP) is 2.77. The number of carbonyl (C=O) groups is 2. The van der Waals surface area contributed by atoms with E-state index in [4.69, 9.17) is 25.8 Å². The zero-order valence-corrected chi connectivity index (χ0v) is 19.5. The minimum atomic E-state index is -3.82. The highest BCUT2D eigenvalue weighted by atomic mass is 35.5. The predicted molar refractivity (Wildman–Crippen MR) is 120 cm³/mol. The molecule has 1 fully saturated rings. The van der Waals surface area contributed by atoms with E-state index in [2.05, 4.69) is 4.74 Å². The molecule has 0 N–H and O–H groups in total. The topological polar surface area (TPSA) is 108 Å². The summed E-state index contributed by atoms with van der Waals surface area (Å²) in [5.41, 5.74) is 0.497. The number of carbonyl (C=O) groups excluding carboxylic acids is 2. The summed E-state index contributed by atoms with van der Waals surface area (Å²) in [6.07, 6.45) is 2.75. The number of nitrogens with zero attached hydrogens (tertiary/aromatic N) is 1. The summed E-state index contributed by atoms with van der Waals surface area (Å²) < 4.78 is 47.6. The van der Waals surface area contributed by atoms with Crippen LogP contribution < -0.4 is 9.47 Å². The van der Waals surface area contributed by atoms with Gasteiger partial charge in [0.05, 0.1) is 42.9 Å². The zero-order chi connectivity index (χ0) is 24.0. The summed E-state index contributed by atoms with van der Waals surface area (Å²) >= 11 is 6.16. The lowest BCUT2D eigenvalue weighted by Gasteiger charge is -2.26. The van der Waals surface area contributed by atoms with Crippen LogP contribution in [-0.4, -0.2) is 65.2 Å². The van der Waals surface area contributed by atoms with Gasteiger partial charge in [-0.3, -0.25) is 0 Å². The number of ether oxygens (including phenoxy) is 4. The highest BCUT2D eigenvalue weighted by molar-refractivity contribution is 7.89. The molecule has 0 spiro atoms. The lowest BCUT2D eigenvalue weighted by molar-refractivity contribution is -0.134. The Morgan fingerprint density at radius 2 is 1.79 bits per heavy atom. The summed E-state index contributed by atoms with van der Waals surface area (Å²) in [6, 6.07) is 8.51. The first kappa shape index (κ1) is 24.7. The third-order valence-corrected chi connectivity index (χ3v) is 6.99. The lowest BCUT2D eigenvalue weighted by atomic mass is 10.2. The summed E-state index contributed by atoms with van der Waals surface area (Å²) in [4.78, 5) is 24.0. The molecule has 0 aromatic heterocycles. The van der Waals surface area contributed by atoms with Crippen LogP contribution in [0.15, 0.2) is 47.4 Å². The summed E-state index contributed by atoms with van der Waals surface area (Å²) in [7, 11) is -1.17. The molecule has 0 aliphatic carbocycles. The molecule has 0 amide bonds. The Kier molecular flexibility index (Phi) is 8.09. The second-order valence-corrected chi connectivity index (χ2v) is 9.16. The molecule has 33 heavy (non-hydrogen) atoms. The van der Waals surface area contributed by atoms with E-state index in [-0.39, 0.29) is 40.1 Å². The summed E-state index contributed by atoms with van der Waals surface area (Å²) in [5, 5.41) is 0.0394. The molecule has 176 valence electrons. The Hall–Kier alpha value is -2.92. The maximum Gasteiger partial charge on any atom is 0.345 e. The van der Waals surface area contributed by atoms with Crippen molar-refractivity contribution < 1.29 is 37.0 Å². The Labute approximate surface area is 196 Å². The van der Waals surface area contributed by atoms with Crippen LogP contribution in [0, 0.1) is 0 Å². The largest absolute Gasteiger partial charge is 0.493 e. The van der Waals surface area contributed by atoms with Gasteiger partial charge in [0.25, 0.3) is 0 Å². The number of esters is 2. The van der Waals surface area contributed by atoms with E-state index in [1.807, 2.05) is 0 Å². The summed E-state index contributed by atoms with van der Waals surface area (Å²) in [5.74, 6) is -1.06. The fraction of sp³-hybridized carbons (Fsp3) is 0.273. The van der Waals surface area contributed by atoms with Crippen molar-refractivity contribution >= 4 is 39.6 Å². The van der Waals surface area contributed by atoms with E-state index >= 15 is 0 Å². The number of halogens is 1. The van der Waals surface area contributed by atoms with Crippen molar-refractivity contribution in [2.45, 2.75) is 4.90 Å². The highest BCUT2D eigenvalue weighted by Gasteiger charge is 2.28. The van der Waals surface area contributed by atoms with Gasteiger partial charge in [-0.25, -0.2) is 18.0 Å². The molecule has 0 atom stereocenters. The smallest absolute Gasteiger partial charge is 0.345 e. The minimum Gasteiger partial charge on any atom is -0.493 e. The molecule has 1 aliphatic heterocycles. The molecular weight excluding hydrogens is 474 g/mol. The Morgan fingerprint density at radius 3 is 2.45 bits per heavy atom. The monoisotopic (exact) mass is 495 g/mol. The first-order valence-electron chi connectivity index (χ1n) is 9.80. The number of hydrogen-bond donors (Lipinski definition) is 0. The van der Waals surface area contributed by atoms with Crippen LogP contribution in [0.3, 0.4) is 0 Å². The molecule has 1 saturated heterocycles. The van der Waals surface area contributed by atoms with Gasteiger partial charge < -0.3 is 18.9 Å². The molecule has 0 bridgehead atoms. The van der Waals surface area contributed by atoms with Crippen LogP contribution >= 0.6 is 11.6 Å². The first-order chi connectivity index (χ1) is 15.8. The number of morpholine rings is 1. The van der Waals surface area contributed by atoms with Gasteiger partial charge in [-0.15, -0.1) is 0 Å². The lowest BCUT2D eigenvalue weighted by Crippen LogP contribution is -2.40. The number of hydrogen-bond acceptors (Lipinski definition) is 8. The van der Waals surface area contributed by atoms with Gasteiger partial charge >= 0.3 is 11.9 Å². The van der Waals surface area contributed by atoms with Gasteiger partial charge in [0.15, 0.2) is 11.5 Å². The molecular formula is C22H22ClNO8S. The van der Waals surface area contributed by atoms with Crippen LogP contribution in [-0.2, 0) is 24.3 Å². The van der Waals surface area contributed by atoms with Crippen LogP contribution in [0.5, 0.6) is 11.5 Å². The Bertz CT molecular complexity index is 1170. The van der Waals surface area contributed by atoms with Crippen LogP contribution in [0.25, 0.3) is 6.08 Å². The minimum absolute atomic E-state index is 0.0394. The summed E-state index contributed by atoms with van der Waals surface area (Å²) in [6.45, 7) is 1.04. The second kappa shape index (κ2) is 10.8. The van der Waals surface area contributed by atoms with Crippen LogP contribution in [0.2, 0.25) is 5.02 Å². The molecule has 0 saturated carbocycles. The van der Waals surface area contributed by atoms with Gasteiger partial charge in [0.2, 0.25) is 10.0 Å². The van der Waals surface area contributed by atoms with Crippen molar-refractivity contribution in [3.63, 3.8) is 0 Å². The molecule has 1 aliphatic rings. The van der Waals surface area contributed by atoms with Crippen molar-refractivity contribution in [2.24, 2.45) is 0 Å². The third kappa shape index (κ3) is 5.91. The van der Waals surface area contributed by atoms with E-state index in [9.17, 15) is 18.0 Å². The Morgan fingerprint density at radius 1 is 1.06 bits per heavy atom. The van der Waals surface area contributed by atoms with Crippen molar-refractivity contribution in [1.82, 2.24) is 4.31 Å². The van der Waals surface area contributed by atoms with Gasteiger partial charge in [-0.1, -0.05) is 17.7 Å². The van der Waals surface area contributed by atoms with E-state index in [0.29, 0.717) is 18.8 Å². The molecule has 9 nitrogen and oxygen atoms in total. The van der Waals surface area contributed by atoms with Crippen molar-refractivity contribution in [1.29, 1.82) is 0 Å². The fourth-order valence-electron chi connectivity index (χ4n) is 3.02.